The molecular formula is C14H19N3O3. The van der Waals surface area contributed by atoms with Crippen molar-refractivity contribution in [3.63, 3.8) is 0 Å². The van der Waals surface area contributed by atoms with Gasteiger partial charge in [0, 0.05) is 26.3 Å². The topological polar surface area (TPSA) is 82.5 Å². The van der Waals surface area contributed by atoms with Gasteiger partial charge in [-0.2, -0.15) is 0 Å². The first-order valence-corrected chi connectivity index (χ1v) is 6.24. The van der Waals surface area contributed by atoms with E-state index < -0.39 is 11.9 Å². The number of rotatable bonds is 7. The van der Waals surface area contributed by atoms with E-state index >= 15 is 0 Å². The molecule has 0 spiro atoms. The van der Waals surface area contributed by atoms with Gasteiger partial charge in [0.05, 0.1) is 11.5 Å². The minimum absolute atomic E-state index is 0.217. The molecule has 1 atom stereocenters. The number of carboxylic acids is 1. The van der Waals surface area contributed by atoms with E-state index in [9.17, 15) is 9.59 Å². The van der Waals surface area contributed by atoms with Crippen LogP contribution >= 0.6 is 0 Å². The minimum atomic E-state index is -0.850. The van der Waals surface area contributed by atoms with Crippen molar-refractivity contribution in [2.75, 3.05) is 25.0 Å². The lowest BCUT2D eigenvalue weighted by Gasteiger charge is -2.20. The average Bonchev–Trinajstić information content (AvgIpc) is 2.44. The Balaban J connectivity index is 2.68. The monoisotopic (exact) mass is 277 g/mol. The molecule has 1 amide bonds. The lowest BCUT2D eigenvalue weighted by atomic mass is 10.2. The molecule has 6 nitrogen and oxygen atoms in total. The third kappa shape index (κ3) is 4.38. The van der Waals surface area contributed by atoms with E-state index in [1.807, 2.05) is 0 Å². The number of nitrogens with zero attached hydrogens (tertiary/aromatic N) is 2. The molecule has 0 fully saturated rings. The minimum Gasteiger partial charge on any atom is -0.481 e. The third-order valence-electron chi connectivity index (χ3n) is 2.78. The molecule has 1 heterocycles. The molecule has 0 aliphatic heterocycles. The fraction of sp³-hybridized carbons (Fsp3) is 0.357. The van der Waals surface area contributed by atoms with Gasteiger partial charge < -0.3 is 15.3 Å². The maximum absolute atomic E-state index is 11.7. The van der Waals surface area contributed by atoms with Crippen LogP contribution in [0.25, 0.3) is 0 Å². The van der Waals surface area contributed by atoms with Gasteiger partial charge in [0.25, 0.3) is 5.91 Å². The lowest BCUT2D eigenvalue weighted by Crippen LogP contribution is -2.29. The highest BCUT2D eigenvalue weighted by Crippen LogP contribution is 2.11. The smallest absolute Gasteiger partial charge is 0.308 e. The maximum atomic E-state index is 11.7. The molecule has 20 heavy (non-hydrogen) atoms. The number of nitrogens with one attached hydrogen (secondary N) is 1. The van der Waals surface area contributed by atoms with E-state index in [1.165, 1.54) is 6.20 Å². The molecule has 1 unspecified atom stereocenters. The summed E-state index contributed by atoms with van der Waals surface area (Å²) in [6.07, 6.45) is 3.07. The largest absolute Gasteiger partial charge is 0.481 e. The van der Waals surface area contributed by atoms with Crippen LogP contribution in [0.3, 0.4) is 0 Å². The zero-order valence-electron chi connectivity index (χ0n) is 11.7. The summed E-state index contributed by atoms with van der Waals surface area (Å²) in [5.41, 5.74) is 0.454. The highest BCUT2D eigenvalue weighted by molar-refractivity contribution is 5.94. The van der Waals surface area contributed by atoms with E-state index in [0.717, 1.165) is 0 Å². The zero-order chi connectivity index (χ0) is 15.1. The number of hydrogen-bond donors (Lipinski definition) is 2. The van der Waals surface area contributed by atoms with E-state index in [2.05, 4.69) is 16.9 Å². The first-order chi connectivity index (χ1) is 9.45. The van der Waals surface area contributed by atoms with Gasteiger partial charge in [0.2, 0.25) is 0 Å². The van der Waals surface area contributed by atoms with Crippen molar-refractivity contribution in [3.05, 3.63) is 36.5 Å². The van der Waals surface area contributed by atoms with Crippen molar-refractivity contribution < 1.29 is 14.7 Å². The van der Waals surface area contributed by atoms with E-state index in [-0.39, 0.29) is 5.91 Å². The molecule has 0 bridgehead atoms. The predicted molar refractivity (Wildman–Crippen MR) is 76.8 cm³/mol. The highest BCUT2D eigenvalue weighted by Gasteiger charge is 2.15. The van der Waals surface area contributed by atoms with Gasteiger partial charge >= 0.3 is 5.97 Å². The number of hydrogen-bond acceptors (Lipinski definition) is 4. The number of aromatic nitrogens is 1. The first kappa shape index (κ1) is 15.7. The van der Waals surface area contributed by atoms with Gasteiger partial charge in [0.1, 0.15) is 5.82 Å². The van der Waals surface area contributed by atoms with Gasteiger partial charge in [0.15, 0.2) is 0 Å². The average molecular weight is 277 g/mol. The second kappa shape index (κ2) is 7.28. The molecule has 0 radical (unpaired) electrons. The summed E-state index contributed by atoms with van der Waals surface area (Å²) in [4.78, 5) is 28.4. The van der Waals surface area contributed by atoms with E-state index in [0.29, 0.717) is 24.5 Å². The molecular weight excluding hydrogens is 258 g/mol. The molecule has 0 saturated heterocycles. The molecule has 0 aromatic carbocycles. The van der Waals surface area contributed by atoms with Crippen LogP contribution in [-0.4, -0.2) is 42.1 Å². The Kier molecular flexibility index (Phi) is 5.71. The van der Waals surface area contributed by atoms with Crippen LogP contribution in [0, 0.1) is 5.92 Å². The van der Waals surface area contributed by atoms with Gasteiger partial charge in [-0.05, 0) is 12.1 Å². The molecule has 1 rings (SSSR count). The van der Waals surface area contributed by atoms with Crippen molar-refractivity contribution in [2.45, 2.75) is 6.92 Å². The standard InChI is InChI=1S/C14H19N3O3/c1-4-7-15-13(18)11-5-6-12(16-8-11)17(3)9-10(2)14(19)20/h4-6,8,10H,1,7,9H2,2-3H3,(H,15,18)(H,19,20). The van der Waals surface area contributed by atoms with Gasteiger partial charge in [-0.25, -0.2) is 4.98 Å². The third-order valence-corrected chi connectivity index (χ3v) is 2.78. The molecule has 6 heteroatoms. The summed E-state index contributed by atoms with van der Waals surface area (Å²) < 4.78 is 0. The van der Waals surface area contributed by atoms with Crippen LogP contribution in [0.5, 0.6) is 0 Å². The maximum Gasteiger partial charge on any atom is 0.308 e. The van der Waals surface area contributed by atoms with Crippen molar-refractivity contribution in [2.24, 2.45) is 5.92 Å². The number of carboxylic acid groups (broad SMARTS) is 1. The second-order valence-corrected chi connectivity index (χ2v) is 4.52. The first-order valence-electron chi connectivity index (χ1n) is 6.24. The number of carbonyl (C=O) groups excluding carboxylic acids is 1. The Labute approximate surface area is 118 Å². The summed E-state index contributed by atoms with van der Waals surface area (Å²) >= 11 is 0. The Bertz CT molecular complexity index is 485. The molecule has 108 valence electrons. The molecule has 1 aromatic heterocycles. The Morgan fingerprint density at radius 3 is 2.75 bits per heavy atom. The molecule has 0 aliphatic carbocycles. The number of carbonyl (C=O) groups is 2. The second-order valence-electron chi connectivity index (χ2n) is 4.52. The van der Waals surface area contributed by atoms with E-state index in [4.69, 9.17) is 5.11 Å². The number of aliphatic carboxylic acids is 1. The van der Waals surface area contributed by atoms with Crippen molar-refractivity contribution in [1.82, 2.24) is 10.3 Å². The quantitative estimate of drug-likeness (QED) is 0.731. The fourth-order valence-corrected chi connectivity index (χ4v) is 1.60. The van der Waals surface area contributed by atoms with Gasteiger partial charge in [-0.1, -0.05) is 13.0 Å². The van der Waals surface area contributed by atoms with Crippen molar-refractivity contribution >= 4 is 17.7 Å². The zero-order valence-corrected chi connectivity index (χ0v) is 11.7. The van der Waals surface area contributed by atoms with Crippen LogP contribution in [0.4, 0.5) is 5.82 Å². The normalized spacial score (nSPS) is 11.5. The SMILES string of the molecule is C=CCNC(=O)c1ccc(N(C)CC(C)C(=O)O)nc1. The van der Waals surface area contributed by atoms with Crippen LogP contribution < -0.4 is 10.2 Å². The van der Waals surface area contributed by atoms with Crippen LogP contribution in [-0.2, 0) is 4.79 Å². The number of pyridine rings is 1. The van der Waals surface area contributed by atoms with Gasteiger partial charge in [-0.15, -0.1) is 6.58 Å². The summed E-state index contributed by atoms with van der Waals surface area (Å²) in [5, 5.41) is 11.5. The number of anilines is 1. The number of amides is 1. The Morgan fingerprint density at radius 1 is 1.55 bits per heavy atom. The molecule has 0 aliphatic rings. The summed E-state index contributed by atoms with van der Waals surface area (Å²) in [5.74, 6) is -0.932. The highest BCUT2D eigenvalue weighted by atomic mass is 16.4. The lowest BCUT2D eigenvalue weighted by molar-refractivity contribution is -0.140. The predicted octanol–water partition coefficient (Wildman–Crippen LogP) is 1.15. The van der Waals surface area contributed by atoms with Crippen LogP contribution in [0.15, 0.2) is 31.0 Å². The molecule has 0 saturated carbocycles. The summed E-state index contributed by atoms with van der Waals surface area (Å²) in [6.45, 7) is 5.91. The van der Waals surface area contributed by atoms with Gasteiger partial charge in [-0.3, -0.25) is 9.59 Å². The Hall–Kier alpha value is -2.37. The Morgan fingerprint density at radius 2 is 2.25 bits per heavy atom. The summed E-state index contributed by atoms with van der Waals surface area (Å²) in [6, 6.07) is 3.35. The van der Waals surface area contributed by atoms with Crippen molar-refractivity contribution in [1.29, 1.82) is 0 Å². The summed E-state index contributed by atoms with van der Waals surface area (Å²) in [7, 11) is 1.76. The van der Waals surface area contributed by atoms with Crippen LogP contribution in [0.1, 0.15) is 17.3 Å². The molecule has 1 aromatic rings. The fourth-order valence-electron chi connectivity index (χ4n) is 1.60. The van der Waals surface area contributed by atoms with Crippen LogP contribution in [0.2, 0.25) is 0 Å². The van der Waals surface area contributed by atoms with E-state index in [1.54, 1.807) is 37.1 Å². The van der Waals surface area contributed by atoms with Crippen molar-refractivity contribution in [3.8, 4) is 0 Å². The molecule has 2 N–H and O–H groups in total.